The smallest absolute Gasteiger partial charge is 0.319 e. The third-order valence-corrected chi connectivity index (χ3v) is 2.39. The van der Waals surface area contributed by atoms with Crippen molar-refractivity contribution in [1.29, 1.82) is 0 Å². The van der Waals surface area contributed by atoms with Crippen LogP contribution in [0.1, 0.15) is 12.0 Å². The second-order valence-corrected chi connectivity index (χ2v) is 3.69. The molecule has 0 N–H and O–H groups in total. The summed E-state index contributed by atoms with van der Waals surface area (Å²) in [6, 6.07) is 9.66. The van der Waals surface area contributed by atoms with Crippen LogP contribution in [-0.4, -0.2) is 18.5 Å². The van der Waals surface area contributed by atoms with E-state index in [1.54, 1.807) is 0 Å². The normalized spacial score (nSPS) is 19.9. The zero-order valence-corrected chi connectivity index (χ0v) is 8.72. The molecule has 1 aromatic rings. The van der Waals surface area contributed by atoms with E-state index in [1.165, 1.54) is 0 Å². The number of hydrogen-bond donors (Lipinski definition) is 0. The Morgan fingerprint density at radius 2 is 2.00 bits per heavy atom. The van der Waals surface area contributed by atoms with Gasteiger partial charge in [-0.3, -0.25) is 9.59 Å². The Kier molecular flexibility index (Phi) is 3.31. The van der Waals surface area contributed by atoms with E-state index < -0.39 is 17.9 Å². The topological polar surface area (TPSA) is 52.6 Å². The lowest BCUT2D eigenvalue weighted by Crippen LogP contribution is -2.14. The lowest BCUT2D eigenvalue weighted by molar-refractivity contribution is -0.153. The first-order valence-electron chi connectivity index (χ1n) is 5.12. The highest BCUT2D eigenvalue weighted by atomic mass is 16.6. The molecular weight excluding hydrogens is 208 g/mol. The van der Waals surface area contributed by atoms with Crippen molar-refractivity contribution in [3.63, 3.8) is 0 Å². The van der Waals surface area contributed by atoms with Crippen molar-refractivity contribution in [2.75, 3.05) is 6.61 Å². The largest absolute Gasteiger partial charge is 0.393 e. The molecule has 0 amide bonds. The molecule has 0 aromatic heterocycles. The van der Waals surface area contributed by atoms with Gasteiger partial charge in [-0.25, -0.2) is 0 Å². The molecule has 0 radical (unpaired) electrons. The number of rotatable bonds is 4. The van der Waals surface area contributed by atoms with Crippen molar-refractivity contribution in [3.8, 4) is 0 Å². The summed E-state index contributed by atoms with van der Waals surface area (Å²) in [5, 5.41) is 0. The molecule has 84 valence electrons. The van der Waals surface area contributed by atoms with E-state index in [2.05, 4.69) is 4.74 Å². The van der Waals surface area contributed by atoms with Gasteiger partial charge in [0.15, 0.2) is 0 Å². The predicted molar refractivity (Wildman–Crippen MR) is 55.3 cm³/mol. The number of carbonyl (C=O) groups excluding carboxylic acids is 2. The minimum absolute atomic E-state index is 0.133. The highest BCUT2D eigenvalue weighted by Gasteiger charge is 2.33. The van der Waals surface area contributed by atoms with Gasteiger partial charge in [-0.05, 0) is 5.56 Å². The third kappa shape index (κ3) is 2.67. The van der Waals surface area contributed by atoms with Crippen LogP contribution in [-0.2, 0) is 25.7 Å². The van der Waals surface area contributed by atoms with Crippen molar-refractivity contribution in [2.24, 2.45) is 5.92 Å². The van der Waals surface area contributed by atoms with E-state index in [4.69, 9.17) is 4.74 Å². The van der Waals surface area contributed by atoms with Gasteiger partial charge in [-0.1, -0.05) is 30.3 Å². The summed E-state index contributed by atoms with van der Waals surface area (Å²) in [6.07, 6.45) is 0.133. The van der Waals surface area contributed by atoms with Gasteiger partial charge in [0, 0.05) is 0 Å². The van der Waals surface area contributed by atoms with Crippen LogP contribution >= 0.6 is 0 Å². The van der Waals surface area contributed by atoms with Crippen LogP contribution in [0.3, 0.4) is 0 Å². The molecule has 0 spiro atoms. The van der Waals surface area contributed by atoms with E-state index in [1.807, 2.05) is 30.3 Å². The van der Waals surface area contributed by atoms with Crippen LogP contribution in [0.4, 0.5) is 0 Å². The number of hydrogen-bond acceptors (Lipinski definition) is 4. The lowest BCUT2D eigenvalue weighted by Gasteiger charge is -2.06. The van der Waals surface area contributed by atoms with E-state index in [0.717, 1.165) is 5.56 Å². The Balaban J connectivity index is 1.76. The van der Waals surface area contributed by atoms with Crippen molar-refractivity contribution in [3.05, 3.63) is 35.9 Å². The molecule has 0 unspecified atom stereocenters. The van der Waals surface area contributed by atoms with Crippen LogP contribution < -0.4 is 0 Å². The molecule has 4 nitrogen and oxygen atoms in total. The summed E-state index contributed by atoms with van der Waals surface area (Å²) >= 11 is 0. The first kappa shape index (κ1) is 10.8. The fourth-order valence-electron chi connectivity index (χ4n) is 1.54. The Bertz CT molecular complexity index is 385. The summed E-state index contributed by atoms with van der Waals surface area (Å²) < 4.78 is 9.79. The van der Waals surface area contributed by atoms with Crippen LogP contribution in [0.2, 0.25) is 0 Å². The Morgan fingerprint density at radius 3 is 2.62 bits per heavy atom. The van der Waals surface area contributed by atoms with Crippen LogP contribution in [0.15, 0.2) is 30.3 Å². The van der Waals surface area contributed by atoms with Gasteiger partial charge in [0.2, 0.25) is 0 Å². The Morgan fingerprint density at radius 1 is 1.25 bits per heavy atom. The minimum Gasteiger partial charge on any atom is -0.393 e. The van der Waals surface area contributed by atoms with Crippen molar-refractivity contribution in [2.45, 2.75) is 13.0 Å². The van der Waals surface area contributed by atoms with Gasteiger partial charge in [-0.2, -0.15) is 0 Å². The molecule has 1 aromatic carbocycles. The molecule has 4 heteroatoms. The molecule has 1 fully saturated rings. The maximum atomic E-state index is 11.1. The van der Waals surface area contributed by atoms with Gasteiger partial charge in [0.1, 0.15) is 0 Å². The maximum absolute atomic E-state index is 11.1. The number of cyclic esters (lactones) is 2. The van der Waals surface area contributed by atoms with E-state index >= 15 is 0 Å². The highest BCUT2D eigenvalue weighted by molar-refractivity contribution is 5.94. The molecular formula is C12H12O4. The van der Waals surface area contributed by atoms with E-state index in [0.29, 0.717) is 6.61 Å². The van der Waals surface area contributed by atoms with Gasteiger partial charge in [0.25, 0.3) is 0 Å². The van der Waals surface area contributed by atoms with E-state index in [9.17, 15) is 9.59 Å². The molecule has 0 bridgehead atoms. The third-order valence-electron chi connectivity index (χ3n) is 2.39. The summed E-state index contributed by atoms with van der Waals surface area (Å²) in [6.45, 7) is 0.679. The molecule has 1 atom stereocenters. The number of benzene rings is 1. The van der Waals surface area contributed by atoms with Crippen LogP contribution in [0.5, 0.6) is 0 Å². The minimum atomic E-state index is -0.474. The van der Waals surface area contributed by atoms with Gasteiger partial charge >= 0.3 is 11.9 Å². The SMILES string of the molecule is O=C1C[C@@H](COCc2ccccc2)C(=O)O1. The Labute approximate surface area is 93.2 Å². The number of esters is 2. The van der Waals surface area contributed by atoms with Gasteiger partial charge < -0.3 is 9.47 Å². The standard InChI is InChI=1S/C12H12O4/c13-11-6-10(12(14)16-11)8-15-7-9-4-2-1-3-5-9/h1-5,10H,6-8H2/t10-/m0/s1. The van der Waals surface area contributed by atoms with Crippen molar-refractivity contribution in [1.82, 2.24) is 0 Å². The fraction of sp³-hybridized carbons (Fsp3) is 0.333. The quantitative estimate of drug-likeness (QED) is 0.566. The second-order valence-electron chi connectivity index (χ2n) is 3.69. The zero-order valence-electron chi connectivity index (χ0n) is 8.72. The molecule has 16 heavy (non-hydrogen) atoms. The first-order valence-corrected chi connectivity index (χ1v) is 5.12. The lowest BCUT2D eigenvalue weighted by atomic mass is 10.1. The van der Waals surface area contributed by atoms with Crippen LogP contribution in [0.25, 0.3) is 0 Å². The number of carbonyl (C=O) groups is 2. The fourth-order valence-corrected chi connectivity index (χ4v) is 1.54. The maximum Gasteiger partial charge on any atom is 0.319 e. The molecule has 1 aliphatic rings. The molecule has 2 rings (SSSR count). The second kappa shape index (κ2) is 4.90. The molecule has 1 heterocycles. The molecule has 1 saturated heterocycles. The molecule has 0 saturated carbocycles. The highest BCUT2D eigenvalue weighted by Crippen LogP contribution is 2.16. The molecule has 1 aliphatic heterocycles. The summed E-state index contributed by atoms with van der Waals surface area (Å²) in [5.74, 6) is -1.37. The van der Waals surface area contributed by atoms with Crippen molar-refractivity contribution >= 4 is 11.9 Å². The van der Waals surface area contributed by atoms with Gasteiger partial charge in [0.05, 0.1) is 25.6 Å². The summed E-state index contributed by atoms with van der Waals surface area (Å²) in [4.78, 5) is 21.9. The summed E-state index contributed by atoms with van der Waals surface area (Å²) in [7, 11) is 0. The first-order chi connectivity index (χ1) is 7.75. The predicted octanol–water partition coefficient (Wildman–Crippen LogP) is 1.29. The van der Waals surface area contributed by atoms with Gasteiger partial charge in [-0.15, -0.1) is 0 Å². The zero-order chi connectivity index (χ0) is 11.4. The summed E-state index contributed by atoms with van der Waals surface area (Å²) in [5.41, 5.74) is 1.04. The Hall–Kier alpha value is -1.68. The number of ether oxygens (including phenoxy) is 2. The van der Waals surface area contributed by atoms with Crippen LogP contribution in [0, 0.1) is 5.92 Å². The molecule has 0 aliphatic carbocycles. The van der Waals surface area contributed by atoms with Crippen molar-refractivity contribution < 1.29 is 19.1 Å². The monoisotopic (exact) mass is 220 g/mol. The average Bonchev–Trinajstić information content (AvgIpc) is 2.59. The van der Waals surface area contributed by atoms with E-state index in [-0.39, 0.29) is 13.0 Å². The average molecular weight is 220 g/mol.